The summed E-state index contributed by atoms with van der Waals surface area (Å²) in [5, 5.41) is 2.79. The Kier molecular flexibility index (Phi) is 8.18. The number of nitrogen functional groups attached to an aromatic ring is 1. The van der Waals surface area contributed by atoms with Crippen molar-refractivity contribution in [2.24, 2.45) is 0 Å². The van der Waals surface area contributed by atoms with Crippen molar-refractivity contribution in [3.63, 3.8) is 0 Å². The molecule has 0 spiro atoms. The first-order chi connectivity index (χ1) is 24.8. The molecule has 10 heteroatoms. The fourth-order valence-electron chi connectivity index (χ4n) is 7.33. The number of rotatable bonds is 7. The smallest absolute Gasteiger partial charge is 0.417 e. The number of ether oxygens (including phenoxy) is 2. The van der Waals surface area contributed by atoms with Crippen LogP contribution in [0, 0.1) is 6.92 Å². The number of fused-ring (bicyclic) bond motifs is 3. The number of nitrogens with zero attached hydrogens (tertiary/aromatic N) is 2. The van der Waals surface area contributed by atoms with Crippen LogP contribution in [-0.2, 0) is 23.2 Å². The molecule has 8 rings (SSSR count). The first-order valence-electron chi connectivity index (χ1n) is 16.5. The van der Waals surface area contributed by atoms with Crippen LogP contribution < -0.4 is 29.7 Å². The molecule has 2 heterocycles. The van der Waals surface area contributed by atoms with Crippen LogP contribution in [0.3, 0.4) is 0 Å². The lowest BCUT2D eigenvalue weighted by Crippen LogP contribution is -2.51. The van der Waals surface area contributed by atoms with Crippen LogP contribution in [0.5, 0.6) is 17.2 Å². The molecule has 2 aliphatic heterocycles. The Labute approximate surface area is 298 Å². The first-order valence-corrected chi connectivity index (χ1v) is 17.6. The minimum absolute atomic E-state index is 0.183. The summed E-state index contributed by atoms with van der Waals surface area (Å²) in [5.41, 5.74) is 11.8. The predicted octanol–water partition coefficient (Wildman–Crippen LogP) is 8.92. The van der Waals surface area contributed by atoms with Crippen molar-refractivity contribution in [3.05, 3.63) is 167 Å². The van der Waals surface area contributed by atoms with Crippen LogP contribution in [0.2, 0.25) is 0 Å². The second-order valence-electron chi connectivity index (χ2n) is 12.5. The van der Waals surface area contributed by atoms with Crippen LogP contribution in [0.4, 0.5) is 33.2 Å². The molecule has 0 saturated carbocycles. The molecule has 0 fully saturated rings. The number of anilines is 5. The summed E-state index contributed by atoms with van der Waals surface area (Å²) in [6.07, 6.45) is 0.131. The number of aryl methyl sites for hydroxylation is 1. The molecular formula is C41H34N4O5S. The average molecular weight is 695 g/mol. The van der Waals surface area contributed by atoms with Gasteiger partial charge in [-0.25, -0.2) is 13.3 Å². The molecule has 254 valence electrons. The number of para-hydroxylation sites is 3. The highest BCUT2D eigenvalue weighted by atomic mass is 32.2. The van der Waals surface area contributed by atoms with E-state index in [-0.39, 0.29) is 11.4 Å². The van der Waals surface area contributed by atoms with E-state index in [1.54, 1.807) is 42.5 Å². The van der Waals surface area contributed by atoms with E-state index in [9.17, 15) is 13.6 Å². The van der Waals surface area contributed by atoms with Crippen LogP contribution >= 0.6 is 0 Å². The van der Waals surface area contributed by atoms with Gasteiger partial charge in [0.15, 0.2) is 0 Å². The monoisotopic (exact) mass is 694 g/mol. The number of amides is 1. The topological polar surface area (TPSA) is 117 Å². The third-order valence-electron chi connectivity index (χ3n) is 9.48. The molecule has 2 atom stereocenters. The Bertz CT molecular complexity index is 2300. The standard InChI is InChI=1S/C41H34N4O5S/c1-27-11-5-7-15-32(27)41(45(51(47)48)37-22-19-29(42)25-35(37)43-40(46)49-31-13-3-2-4-14-31)33-16-8-10-18-38(33)50-39-26-30(20-21-34(39)41)44-24-23-28-12-6-9-17-36(28)44/h2-22,25-26H,23-24,42H2,1H3,(H,43,46)(H,47,48). The van der Waals surface area contributed by atoms with Crippen molar-refractivity contribution < 1.29 is 23.0 Å². The van der Waals surface area contributed by atoms with Gasteiger partial charge in [-0.3, -0.25) is 9.87 Å². The predicted molar refractivity (Wildman–Crippen MR) is 201 cm³/mol. The average Bonchev–Trinajstić information content (AvgIpc) is 3.57. The van der Waals surface area contributed by atoms with E-state index >= 15 is 0 Å². The molecule has 0 saturated heterocycles. The summed E-state index contributed by atoms with van der Waals surface area (Å²) in [4.78, 5) is 15.6. The van der Waals surface area contributed by atoms with Gasteiger partial charge in [-0.15, -0.1) is 0 Å². The van der Waals surface area contributed by atoms with Gasteiger partial charge < -0.3 is 20.1 Å². The van der Waals surface area contributed by atoms with E-state index in [1.165, 1.54) is 9.87 Å². The van der Waals surface area contributed by atoms with Gasteiger partial charge in [-0.05, 0) is 78.6 Å². The number of nitrogens with two attached hydrogens (primary N) is 1. The maximum atomic E-state index is 14.1. The van der Waals surface area contributed by atoms with Gasteiger partial charge >= 0.3 is 6.09 Å². The third-order valence-corrected chi connectivity index (χ3v) is 10.3. The molecule has 1 amide bonds. The second-order valence-corrected chi connectivity index (χ2v) is 13.3. The zero-order chi connectivity index (χ0) is 35.1. The number of carbonyl (C=O) groups excluding carboxylic acids is 1. The molecule has 2 aliphatic rings. The zero-order valence-corrected chi connectivity index (χ0v) is 28.5. The van der Waals surface area contributed by atoms with Crippen LogP contribution in [-0.4, -0.2) is 21.4 Å². The van der Waals surface area contributed by atoms with Gasteiger partial charge in [0, 0.05) is 40.8 Å². The third kappa shape index (κ3) is 5.54. The minimum Gasteiger partial charge on any atom is -0.456 e. The molecule has 9 nitrogen and oxygen atoms in total. The van der Waals surface area contributed by atoms with Crippen molar-refractivity contribution in [1.29, 1.82) is 0 Å². The van der Waals surface area contributed by atoms with E-state index in [0.717, 1.165) is 35.5 Å². The summed E-state index contributed by atoms with van der Waals surface area (Å²) in [6.45, 7) is 2.78. The Hall–Kier alpha value is -6.10. The van der Waals surface area contributed by atoms with Crippen molar-refractivity contribution in [1.82, 2.24) is 0 Å². The van der Waals surface area contributed by atoms with Gasteiger partial charge in [0.1, 0.15) is 22.8 Å². The summed E-state index contributed by atoms with van der Waals surface area (Å²) in [6, 6.07) is 43.1. The highest BCUT2D eigenvalue weighted by Gasteiger charge is 2.52. The Morgan fingerprint density at radius 3 is 2.35 bits per heavy atom. The number of nitrogens with one attached hydrogen (secondary N) is 1. The second kappa shape index (κ2) is 13.0. The van der Waals surface area contributed by atoms with Crippen molar-refractivity contribution in [2.45, 2.75) is 18.9 Å². The molecular weight excluding hydrogens is 661 g/mol. The number of hydrogen-bond acceptors (Lipinski definition) is 6. The molecule has 0 bridgehead atoms. The van der Waals surface area contributed by atoms with Crippen molar-refractivity contribution in [2.75, 3.05) is 26.8 Å². The Morgan fingerprint density at radius 2 is 1.55 bits per heavy atom. The van der Waals surface area contributed by atoms with E-state index < -0.39 is 22.9 Å². The van der Waals surface area contributed by atoms with E-state index in [1.807, 2.05) is 85.8 Å². The molecule has 2 unspecified atom stereocenters. The maximum Gasteiger partial charge on any atom is 0.417 e. The van der Waals surface area contributed by atoms with E-state index in [2.05, 4.69) is 28.4 Å². The van der Waals surface area contributed by atoms with E-state index in [4.69, 9.17) is 15.2 Å². The SMILES string of the molecule is Cc1ccccc1C1(N(c2ccc(N)cc2NC(=O)Oc2ccccc2)S(=O)O)c2ccccc2Oc2cc(N3CCc4ccccc43)ccc21. The summed E-state index contributed by atoms with van der Waals surface area (Å²) in [5.74, 6) is 1.39. The lowest BCUT2D eigenvalue weighted by Gasteiger charge is -2.48. The fourth-order valence-corrected chi connectivity index (χ4v) is 8.18. The van der Waals surface area contributed by atoms with Crippen LogP contribution in [0.25, 0.3) is 0 Å². The summed E-state index contributed by atoms with van der Waals surface area (Å²) < 4.78 is 39.4. The van der Waals surface area contributed by atoms with E-state index in [0.29, 0.717) is 34.1 Å². The highest BCUT2D eigenvalue weighted by molar-refractivity contribution is 7.80. The fraction of sp³-hybridized carbons (Fsp3) is 0.0976. The van der Waals surface area contributed by atoms with Crippen molar-refractivity contribution >= 4 is 45.8 Å². The molecule has 6 aromatic rings. The van der Waals surface area contributed by atoms with Crippen molar-refractivity contribution in [3.8, 4) is 17.2 Å². The van der Waals surface area contributed by atoms with Crippen LogP contribution in [0.15, 0.2) is 140 Å². The normalized spacial score (nSPS) is 16.2. The zero-order valence-electron chi connectivity index (χ0n) is 27.7. The lowest BCUT2D eigenvalue weighted by atomic mass is 9.73. The number of benzene rings is 6. The molecule has 4 N–H and O–H groups in total. The number of hydrogen-bond donors (Lipinski definition) is 3. The van der Waals surface area contributed by atoms with Gasteiger partial charge in [0.2, 0.25) is 0 Å². The first kappa shape index (κ1) is 32.1. The molecule has 0 radical (unpaired) electrons. The largest absolute Gasteiger partial charge is 0.456 e. The highest BCUT2D eigenvalue weighted by Crippen LogP contribution is 2.57. The van der Waals surface area contributed by atoms with Gasteiger partial charge in [0.25, 0.3) is 11.3 Å². The molecule has 0 aliphatic carbocycles. The van der Waals surface area contributed by atoms with Gasteiger partial charge in [0.05, 0.1) is 11.4 Å². The Morgan fingerprint density at radius 1 is 0.843 bits per heavy atom. The molecule has 0 aromatic heterocycles. The maximum absolute atomic E-state index is 14.1. The summed E-state index contributed by atoms with van der Waals surface area (Å²) >= 11 is -2.69. The Balaban J connectivity index is 1.36. The van der Waals surface area contributed by atoms with Gasteiger partial charge in [-0.2, -0.15) is 0 Å². The lowest BCUT2D eigenvalue weighted by molar-refractivity contribution is 0.215. The minimum atomic E-state index is -2.69. The molecule has 6 aromatic carbocycles. The number of carbonyl (C=O) groups is 1. The molecule has 51 heavy (non-hydrogen) atoms. The van der Waals surface area contributed by atoms with Gasteiger partial charge in [-0.1, -0.05) is 84.9 Å². The summed E-state index contributed by atoms with van der Waals surface area (Å²) in [7, 11) is 0. The van der Waals surface area contributed by atoms with Crippen LogP contribution in [0.1, 0.15) is 27.8 Å². The quantitative estimate of drug-likeness (QED) is 0.113.